The molecular formula is C33H50P2. The minimum Gasteiger partial charge on any atom is -0.0865 e. The summed E-state index contributed by atoms with van der Waals surface area (Å²) in [4.78, 5) is 0. The largest absolute Gasteiger partial charge is 0.0865 e. The van der Waals surface area contributed by atoms with Crippen molar-refractivity contribution in [3.05, 3.63) is 47.0 Å². The van der Waals surface area contributed by atoms with E-state index < -0.39 is 0 Å². The lowest BCUT2D eigenvalue weighted by Crippen LogP contribution is -2.25. The summed E-state index contributed by atoms with van der Waals surface area (Å²) in [6.45, 7) is 14.3. The lowest BCUT2D eigenvalue weighted by molar-refractivity contribution is 0.514. The Kier molecular flexibility index (Phi) is 9.92. The van der Waals surface area contributed by atoms with Crippen LogP contribution in [0.3, 0.4) is 0 Å². The molecule has 192 valence electrons. The maximum atomic E-state index is 2.56. The first-order valence-electron chi connectivity index (χ1n) is 14.7. The first-order chi connectivity index (χ1) is 16.8. The molecule has 0 saturated heterocycles. The second-order valence-electron chi connectivity index (χ2n) is 12.2. The van der Waals surface area contributed by atoms with E-state index in [1.54, 1.807) is 32.9 Å². The summed E-state index contributed by atoms with van der Waals surface area (Å²) in [7, 11) is 1.98. The molecule has 2 atom stereocenters. The summed E-state index contributed by atoms with van der Waals surface area (Å²) in [5.41, 5.74) is 9.68. The summed E-state index contributed by atoms with van der Waals surface area (Å²) < 4.78 is 0. The van der Waals surface area contributed by atoms with E-state index in [0.29, 0.717) is 17.8 Å². The van der Waals surface area contributed by atoms with E-state index in [9.17, 15) is 0 Å². The predicted molar refractivity (Wildman–Crippen MR) is 164 cm³/mol. The lowest BCUT2D eigenvalue weighted by atomic mass is 9.82. The second-order valence-corrected chi connectivity index (χ2v) is 15.5. The Bertz CT molecular complexity index is 930. The van der Waals surface area contributed by atoms with Gasteiger partial charge < -0.3 is 0 Å². The quantitative estimate of drug-likeness (QED) is 0.311. The number of hydrogen-bond acceptors (Lipinski definition) is 0. The highest BCUT2D eigenvalue weighted by atomic mass is 31.1. The average Bonchev–Trinajstić information content (AvgIpc) is 2.85. The van der Waals surface area contributed by atoms with Crippen molar-refractivity contribution in [1.82, 2.24) is 0 Å². The van der Waals surface area contributed by atoms with Crippen LogP contribution in [-0.4, -0.2) is 11.3 Å². The van der Waals surface area contributed by atoms with E-state index in [2.05, 4.69) is 71.9 Å². The van der Waals surface area contributed by atoms with Crippen molar-refractivity contribution in [2.24, 2.45) is 0 Å². The van der Waals surface area contributed by atoms with Crippen molar-refractivity contribution in [2.75, 3.05) is 0 Å². The Morgan fingerprint density at radius 1 is 0.629 bits per heavy atom. The summed E-state index contributed by atoms with van der Waals surface area (Å²) in [6.07, 6.45) is 14.5. The molecule has 2 unspecified atom stereocenters. The van der Waals surface area contributed by atoms with Gasteiger partial charge in [0.1, 0.15) is 0 Å². The van der Waals surface area contributed by atoms with Gasteiger partial charge in [-0.25, -0.2) is 0 Å². The topological polar surface area (TPSA) is 0 Å². The Morgan fingerprint density at radius 3 is 1.63 bits per heavy atom. The minimum absolute atomic E-state index is 0.538. The third-order valence-electron chi connectivity index (χ3n) is 8.38. The van der Waals surface area contributed by atoms with Gasteiger partial charge in [0.25, 0.3) is 0 Å². The van der Waals surface area contributed by atoms with Gasteiger partial charge in [-0.05, 0) is 93.2 Å². The van der Waals surface area contributed by atoms with Crippen molar-refractivity contribution in [1.29, 1.82) is 0 Å². The molecule has 0 radical (unpaired) electrons. The molecule has 0 aromatic heterocycles. The summed E-state index contributed by atoms with van der Waals surface area (Å²) in [6, 6.07) is 12.5. The van der Waals surface area contributed by atoms with Gasteiger partial charge in [0.05, 0.1) is 0 Å². The van der Waals surface area contributed by atoms with Gasteiger partial charge in [0.2, 0.25) is 0 Å². The average molecular weight is 509 g/mol. The van der Waals surface area contributed by atoms with Crippen LogP contribution in [0.2, 0.25) is 0 Å². The fourth-order valence-corrected chi connectivity index (χ4v) is 9.97. The Balaban J connectivity index is 1.87. The molecule has 4 rings (SSSR count). The van der Waals surface area contributed by atoms with Crippen LogP contribution in [0.4, 0.5) is 0 Å². The Hall–Kier alpha value is -0.700. The smallest absolute Gasteiger partial charge is 0.00975 e. The van der Waals surface area contributed by atoms with Crippen molar-refractivity contribution in [3.63, 3.8) is 0 Å². The van der Waals surface area contributed by atoms with Gasteiger partial charge in [0, 0.05) is 0 Å². The van der Waals surface area contributed by atoms with Gasteiger partial charge in [-0.15, -0.1) is 0 Å². The molecule has 35 heavy (non-hydrogen) atoms. The standard InChI is InChI=1S/C33H50P2/c1-22(2)25-20-29(23(3)4)32(30(21-25)24(5)6)28-18-13-19-31(34-26-14-9-7-10-15-26)33(28)35-27-16-11-8-12-17-27/h13,18-24,26-27,34-35H,7-12,14-17H2,1-6H3. The summed E-state index contributed by atoms with van der Waals surface area (Å²) in [5.74, 6) is 1.65. The molecule has 0 heterocycles. The maximum Gasteiger partial charge on any atom is -0.00975 e. The highest BCUT2D eigenvalue weighted by Crippen LogP contribution is 2.43. The summed E-state index contributed by atoms with van der Waals surface area (Å²) >= 11 is 0. The van der Waals surface area contributed by atoms with Gasteiger partial charge in [-0.1, -0.05) is 128 Å². The first-order valence-corrected chi connectivity index (χ1v) is 16.8. The van der Waals surface area contributed by atoms with Crippen LogP contribution in [-0.2, 0) is 0 Å². The zero-order valence-electron chi connectivity index (χ0n) is 23.3. The molecule has 2 saturated carbocycles. The van der Waals surface area contributed by atoms with E-state index in [4.69, 9.17) is 0 Å². The summed E-state index contributed by atoms with van der Waals surface area (Å²) in [5, 5.41) is 3.47. The van der Waals surface area contributed by atoms with Crippen molar-refractivity contribution in [2.45, 2.75) is 135 Å². The fourth-order valence-electron chi connectivity index (χ4n) is 6.22. The fraction of sp³-hybridized carbons (Fsp3) is 0.636. The van der Waals surface area contributed by atoms with Crippen LogP contribution in [0.1, 0.15) is 140 Å². The second kappa shape index (κ2) is 12.7. The van der Waals surface area contributed by atoms with E-state index >= 15 is 0 Å². The molecule has 2 aromatic rings. The zero-order valence-corrected chi connectivity index (χ0v) is 25.3. The Morgan fingerprint density at radius 2 is 1.14 bits per heavy atom. The molecule has 2 aliphatic carbocycles. The molecule has 0 aliphatic heterocycles. The molecule has 2 fully saturated rings. The van der Waals surface area contributed by atoms with Gasteiger partial charge in [-0.3, -0.25) is 0 Å². The molecule has 0 amide bonds. The molecule has 0 nitrogen and oxygen atoms in total. The maximum absolute atomic E-state index is 2.56. The third-order valence-corrected chi connectivity index (χ3v) is 12.2. The van der Waals surface area contributed by atoms with Crippen LogP contribution in [0.5, 0.6) is 0 Å². The van der Waals surface area contributed by atoms with Gasteiger partial charge >= 0.3 is 0 Å². The number of benzene rings is 2. The van der Waals surface area contributed by atoms with Crippen LogP contribution >= 0.6 is 17.2 Å². The Labute approximate surface area is 220 Å². The molecular weight excluding hydrogens is 458 g/mol. The predicted octanol–water partition coefficient (Wildman–Crippen LogP) is 10.00. The first kappa shape index (κ1) is 27.3. The monoisotopic (exact) mass is 508 g/mol. The molecule has 0 N–H and O–H groups in total. The van der Waals surface area contributed by atoms with E-state index in [1.807, 2.05) is 0 Å². The SMILES string of the molecule is CC(C)c1cc(C(C)C)c(-c2cccc(PC3CCCCC3)c2PC2CCCCC2)c(C(C)C)c1. The molecule has 0 spiro atoms. The van der Waals surface area contributed by atoms with Crippen LogP contribution in [0, 0.1) is 0 Å². The highest BCUT2D eigenvalue weighted by molar-refractivity contribution is 7.55. The molecule has 2 aromatic carbocycles. The van der Waals surface area contributed by atoms with Crippen LogP contribution < -0.4 is 10.6 Å². The van der Waals surface area contributed by atoms with Gasteiger partial charge in [0.15, 0.2) is 0 Å². The highest BCUT2D eigenvalue weighted by Gasteiger charge is 2.25. The lowest BCUT2D eigenvalue weighted by Gasteiger charge is -2.29. The van der Waals surface area contributed by atoms with Crippen LogP contribution in [0.15, 0.2) is 30.3 Å². The van der Waals surface area contributed by atoms with E-state index in [0.717, 1.165) is 28.5 Å². The van der Waals surface area contributed by atoms with Crippen molar-refractivity contribution < 1.29 is 0 Å². The zero-order chi connectivity index (χ0) is 24.9. The molecule has 0 bridgehead atoms. The minimum atomic E-state index is 0.538. The molecule has 2 aliphatic rings. The van der Waals surface area contributed by atoms with Crippen LogP contribution in [0.25, 0.3) is 11.1 Å². The van der Waals surface area contributed by atoms with Gasteiger partial charge in [-0.2, -0.15) is 0 Å². The molecule has 2 heteroatoms. The third kappa shape index (κ3) is 6.79. The normalized spacial score (nSPS) is 18.9. The van der Waals surface area contributed by atoms with E-state index in [1.165, 1.54) is 69.8 Å². The number of hydrogen-bond donors (Lipinski definition) is 0. The van der Waals surface area contributed by atoms with E-state index in [-0.39, 0.29) is 0 Å². The van der Waals surface area contributed by atoms with Crippen molar-refractivity contribution in [3.8, 4) is 11.1 Å². The van der Waals surface area contributed by atoms with Crippen molar-refractivity contribution >= 4 is 27.8 Å². The number of rotatable bonds is 8.